The summed E-state index contributed by atoms with van der Waals surface area (Å²) in [5.41, 5.74) is 3.38. The van der Waals surface area contributed by atoms with Gasteiger partial charge in [0.1, 0.15) is 11.8 Å². The number of rotatable bonds is 3. The van der Waals surface area contributed by atoms with Crippen LogP contribution in [0.25, 0.3) is 16.7 Å². The first-order valence-corrected chi connectivity index (χ1v) is 8.84. The lowest BCUT2D eigenvalue weighted by Crippen LogP contribution is -2.39. The van der Waals surface area contributed by atoms with Gasteiger partial charge in [-0.05, 0) is 43.2 Å². The van der Waals surface area contributed by atoms with E-state index < -0.39 is 6.17 Å². The van der Waals surface area contributed by atoms with Gasteiger partial charge in [-0.3, -0.25) is 4.79 Å². The van der Waals surface area contributed by atoms with Crippen LogP contribution in [0.1, 0.15) is 23.2 Å². The van der Waals surface area contributed by atoms with Gasteiger partial charge in [-0.2, -0.15) is 0 Å². The highest BCUT2D eigenvalue weighted by molar-refractivity contribution is 5.97. The van der Waals surface area contributed by atoms with Gasteiger partial charge >= 0.3 is 0 Å². The summed E-state index contributed by atoms with van der Waals surface area (Å²) < 4.78 is 15.3. The number of nitrogens with one attached hydrogen (secondary N) is 1. The van der Waals surface area contributed by atoms with E-state index in [4.69, 9.17) is 0 Å². The van der Waals surface area contributed by atoms with E-state index in [0.717, 1.165) is 22.4 Å². The van der Waals surface area contributed by atoms with E-state index in [-0.39, 0.29) is 5.91 Å². The number of carbonyl (C=O) groups is 1. The van der Waals surface area contributed by atoms with E-state index in [1.165, 1.54) is 0 Å². The molecule has 3 aromatic rings. The van der Waals surface area contributed by atoms with Crippen LogP contribution in [-0.2, 0) is 0 Å². The molecule has 0 aliphatic carbocycles. The molecule has 3 heterocycles. The predicted octanol–water partition coefficient (Wildman–Crippen LogP) is 3.64. The van der Waals surface area contributed by atoms with Gasteiger partial charge in [-0.25, -0.2) is 9.37 Å². The average molecular weight is 352 g/mol. The molecule has 6 heteroatoms. The van der Waals surface area contributed by atoms with E-state index in [1.54, 1.807) is 11.1 Å². The second-order valence-corrected chi connectivity index (χ2v) is 6.59. The Kier molecular flexibility index (Phi) is 4.32. The summed E-state index contributed by atoms with van der Waals surface area (Å²) in [6, 6.07) is 11.9. The van der Waals surface area contributed by atoms with Crippen LogP contribution in [-0.4, -0.2) is 46.7 Å². The van der Waals surface area contributed by atoms with Crippen molar-refractivity contribution in [2.45, 2.75) is 19.0 Å². The smallest absolute Gasteiger partial charge is 0.255 e. The molecule has 0 spiro atoms. The lowest BCUT2D eigenvalue weighted by Gasteiger charge is -2.28. The Morgan fingerprint density at radius 1 is 1.23 bits per heavy atom. The summed E-state index contributed by atoms with van der Waals surface area (Å²) in [5, 5.41) is 4.04. The van der Waals surface area contributed by atoms with Gasteiger partial charge in [0.15, 0.2) is 0 Å². The SMILES string of the molecule is CNc1cccc(-n2ccc3cc(C(=O)N4CCC(F)CC4)cnc32)c1. The van der Waals surface area contributed by atoms with Crippen LogP contribution >= 0.6 is 0 Å². The summed E-state index contributed by atoms with van der Waals surface area (Å²) in [5.74, 6) is -0.0729. The van der Waals surface area contributed by atoms with Crippen molar-refractivity contribution in [1.82, 2.24) is 14.5 Å². The maximum Gasteiger partial charge on any atom is 0.255 e. The minimum Gasteiger partial charge on any atom is -0.388 e. The first-order chi connectivity index (χ1) is 12.7. The van der Waals surface area contributed by atoms with E-state index in [0.29, 0.717) is 31.5 Å². The van der Waals surface area contributed by atoms with Crippen LogP contribution < -0.4 is 5.32 Å². The Morgan fingerprint density at radius 3 is 2.81 bits per heavy atom. The fourth-order valence-electron chi connectivity index (χ4n) is 3.39. The van der Waals surface area contributed by atoms with Gasteiger partial charge < -0.3 is 14.8 Å². The summed E-state index contributed by atoms with van der Waals surface area (Å²) in [6.45, 7) is 0.936. The lowest BCUT2D eigenvalue weighted by molar-refractivity contribution is 0.0667. The maximum atomic E-state index is 13.3. The van der Waals surface area contributed by atoms with Crippen LogP contribution in [0.4, 0.5) is 10.1 Å². The number of pyridine rings is 1. The minimum absolute atomic E-state index is 0.0729. The Balaban J connectivity index is 1.64. The molecule has 26 heavy (non-hydrogen) atoms. The van der Waals surface area contributed by atoms with Crippen molar-refractivity contribution in [3.05, 3.63) is 54.4 Å². The van der Waals surface area contributed by atoms with Gasteiger partial charge in [-0.15, -0.1) is 0 Å². The Bertz CT molecular complexity index is 944. The summed E-state index contributed by atoms with van der Waals surface area (Å²) in [7, 11) is 1.88. The van der Waals surface area contributed by atoms with Gasteiger partial charge in [0, 0.05) is 49.3 Å². The molecule has 2 aromatic heterocycles. The summed E-state index contributed by atoms with van der Waals surface area (Å²) >= 11 is 0. The predicted molar refractivity (Wildman–Crippen MR) is 101 cm³/mol. The van der Waals surface area contributed by atoms with E-state index in [1.807, 2.05) is 54.2 Å². The number of nitrogens with zero attached hydrogens (tertiary/aromatic N) is 3. The third-order valence-electron chi connectivity index (χ3n) is 4.90. The third-order valence-corrected chi connectivity index (χ3v) is 4.90. The molecule has 0 unspecified atom stereocenters. The van der Waals surface area contributed by atoms with E-state index in [9.17, 15) is 9.18 Å². The van der Waals surface area contributed by atoms with Crippen molar-refractivity contribution in [2.75, 3.05) is 25.5 Å². The molecule has 1 aliphatic rings. The zero-order valence-electron chi connectivity index (χ0n) is 14.7. The van der Waals surface area contributed by atoms with Crippen LogP contribution in [0.2, 0.25) is 0 Å². The van der Waals surface area contributed by atoms with Gasteiger partial charge in [0.05, 0.1) is 5.56 Å². The molecule has 5 nitrogen and oxygen atoms in total. The monoisotopic (exact) mass is 352 g/mol. The minimum atomic E-state index is -0.790. The van der Waals surface area contributed by atoms with Gasteiger partial charge in [0.2, 0.25) is 0 Å². The fraction of sp³-hybridized carbons (Fsp3) is 0.300. The fourth-order valence-corrected chi connectivity index (χ4v) is 3.39. The molecule has 0 atom stereocenters. The molecule has 4 rings (SSSR count). The number of anilines is 1. The van der Waals surface area contributed by atoms with Crippen molar-refractivity contribution in [3.8, 4) is 5.69 Å². The Hall–Kier alpha value is -2.89. The molecule has 1 fully saturated rings. The standard InChI is InChI=1S/C20H21FN4O/c1-22-17-3-2-4-18(12-17)25-10-5-14-11-15(13-23-19(14)25)20(26)24-8-6-16(21)7-9-24/h2-5,10-13,16,22H,6-9H2,1H3. The Morgan fingerprint density at radius 2 is 2.04 bits per heavy atom. The third kappa shape index (κ3) is 3.03. The number of hydrogen-bond donors (Lipinski definition) is 1. The second kappa shape index (κ2) is 6.78. The first kappa shape index (κ1) is 16.6. The van der Waals surface area contributed by atoms with Crippen LogP contribution in [0, 0.1) is 0 Å². The number of alkyl halides is 1. The topological polar surface area (TPSA) is 50.2 Å². The molecule has 1 aromatic carbocycles. The molecule has 1 amide bonds. The number of halogens is 1. The number of amides is 1. The van der Waals surface area contributed by atoms with Crippen molar-refractivity contribution in [3.63, 3.8) is 0 Å². The zero-order chi connectivity index (χ0) is 18.1. The molecule has 134 valence electrons. The summed E-state index contributed by atoms with van der Waals surface area (Å²) in [4.78, 5) is 18.9. The molecule has 1 N–H and O–H groups in total. The number of carbonyl (C=O) groups excluding carboxylic acids is 1. The highest BCUT2D eigenvalue weighted by Gasteiger charge is 2.23. The van der Waals surface area contributed by atoms with Crippen molar-refractivity contribution < 1.29 is 9.18 Å². The van der Waals surface area contributed by atoms with E-state index in [2.05, 4.69) is 10.3 Å². The first-order valence-electron chi connectivity index (χ1n) is 8.84. The second-order valence-electron chi connectivity index (χ2n) is 6.59. The molecule has 0 bridgehead atoms. The molecule has 0 saturated carbocycles. The number of benzene rings is 1. The molecule has 1 aliphatic heterocycles. The van der Waals surface area contributed by atoms with Crippen molar-refractivity contribution in [1.29, 1.82) is 0 Å². The molecular formula is C20H21FN4O. The van der Waals surface area contributed by atoms with Crippen molar-refractivity contribution >= 4 is 22.6 Å². The quantitative estimate of drug-likeness (QED) is 0.783. The molecule has 1 saturated heterocycles. The molecular weight excluding hydrogens is 331 g/mol. The van der Waals surface area contributed by atoms with Crippen molar-refractivity contribution in [2.24, 2.45) is 0 Å². The highest BCUT2D eigenvalue weighted by atomic mass is 19.1. The normalized spacial score (nSPS) is 15.4. The van der Waals surface area contributed by atoms with Gasteiger partial charge in [0.25, 0.3) is 5.91 Å². The Labute approximate surface area is 151 Å². The largest absolute Gasteiger partial charge is 0.388 e. The van der Waals surface area contributed by atoms with E-state index >= 15 is 0 Å². The van der Waals surface area contributed by atoms with Gasteiger partial charge in [-0.1, -0.05) is 6.07 Å². The number of aromatic nitrogens is 2. The highest BCUT2D eigenvalue weighted by Crippen LogP contribution is 2.23. The zero-order valence-corrected chi connectivity index (χ0v) is 14.7. The lowest BCUT2D eigenvalue weighted by atomic mass is 10.1. The number of hydrogen-bond acceptors (Lipinski definition) is 3. The number of piperidine rings is 1. The number of fused-ring (bicyclic) bond motifs is 1. The maximum absolute atomic E-state index is 13.3. The van der Waals surface area contributed by atoms with Crippen LogP contribution in [0.5, 0.6) is 0 Å². The summed E-state index contributed by atoms with van der Waals surface area (Å²) in [6.07, 6.45) is 3.61. The van der Waals surface area contributed by atoms with Crippen LogP contribution in [0.3, 0.4) is 0 Å². The van der Waals surface area contributed by atoms with Crippen LogP contribution in [0.15, 0.2) is 48.8 Å². The average Bonchev–Trinajstić information content (AvgIpc) is 3.11. The molecule has 0 radical (unpaired) electrons. The number of likely N-dealkylation sites (tertiary alicyclic amines) is 1.